The van der Waals surface area contributed by atoms with Crippen LogP contribution < -0.4 is 10.6 Å². The first-order valence-electron chi connectivity index (χ1n) is 8.08. The minimum absolute atomic E-state index is 0.00309. The predicted molar refractivity (Wildman–Crippen MR) is 79.9 cm³/mol. The van der Waals surface area contributed by atoms with E-state index >= 15 is 0 Å². The fraction of sp³-hybridized carbons (Fsp3) is 1.00. The molecule has 21 heavy (non-hydrogen) atoms. The van der Waals surface area contributed by atoms with E-state index < -0.39 is 18.3 Å². The number of hydrogen-bond acceptors (Lipinski definition) is 6. The third kappa shape index (κ3) is 4.37. The Labute approximate surface area is 126 Å². The Bertz CT molecular complexity index is 316. The van der Waals surface area contributed by atoms with Crippen molar-refractivity contribution in [3.05, 3.63) is 0 Å². The molecule has 6 heteroatoms. The Morgan fingerprint density at radius 2 is 1.71 bits per heavy atom. The average molecular weight is 302 g/mol. The Kier molecular flexibility index (Phi) is 6.40. The van der Waals surface area contributed by atoms with Gasteiger partial charge in [0, 0.05) is 44.6 Å². The second-order valence-electron chi connectivity index (χ2n) is 6.73. The van der Waals surface area contributed by atoms with Crippen molar-refractivity contribution in [2.45, 2.75) is 44.7 Å². The zero-order valence-electron chi connectivity index (χ0n) is 13.0. The van der Waals surface area contributed by atoms with Gasteiger partial charge < -0.3 is 30.7 Å². The summed E-state index contributed by atoms with van der Waals surface area (Å²) >= 11 is 0. The molecule has 124 valence electrons. The average Bonchev–Trinajstić information content (AvgIpc) is 2.45. The fourth-order valence-electron chi connectivity index (χ4n) is 3.31. The third-order valence-corrected chi connectivity index (χ3v) is 4.86. The molecule has 6 atom stereocenters. The van der Waals surface area contributed by atoms with Gasteiger partial charge in [0.25, 0.3) is 0 Å². The zero-order chi connectivity index (χ0) is 15.4. The summed E-state index contributed by atoms with van der Waals surface area (Å²) in [5.41, 5.74) is 0. The van der Waals surface area contributed by atoms with Crippen molar-refractivity contribution < 1.29 is 20.1 Å². The SMILES string of the molecule is CC(C)[C@H]1CNC[C@@H](OCC[C@H]2CNC[C@@H](O)[C@@H]2O)[C@@H]1O. The van der Waals surface area contributed by atoms with Gasteiger partial charge in [0.05, 0.1) is 24.4 Å². The van der Waals surface area contributed by atoms with Crippen LogP contribution in [0.15, 0.2) is 0 Å². The highest BCUT2D eigenvalue weighted by Gasteiger charge is 2.35. The Morgan fingerprint density at radius 3 is 2.43 bits per heavy atom. The van der Waals surface area contributed by atoms with Gasteiger partial charge in [-0.3, -0.25) is 0 Å². The molecule has 0 amide bonds. The van der Waals surface area contributed by atoms with Gasteiger partial charge in [-0.2, -0.15) is 0 Å². The molecule has 0 aromatic rings. The van der Waals surface area contributed by atoms with E-state index in [1.807, 2.05) is 0 Å². The minimum atomic E-state index is -0.698. The smallest absolute Gasteiger partial charge is 0.0961 e. The summed E-state index contributed by atoms with van der Waals surface area (Å²) in [7, 11) is 0. The minimum Gasteiger partial charge on any atom is -0.390 e. The lowest BCUT2D eigenvalue weighted by Gasteiger charge is -2.38. The monoisotopic (exact) mass is 302 g/mol. The fourth-order valence-corrected chi connectivity index (χ4v) is 3.31. The van der Waals surface area contributed by atoms with Gasteiger partial charge >= 0.3 is 0 Å². The molecule has 0 aromatic heterocycles. The van der Waals surface area contributed by atoms with Crippen molar-refractivity contribution in [2.24, 2.45) is 17.8 Å². The first-order valence-corrected chi connectivity index (χ1v) is 8.08. The van der Waals surface area contributed by atoms with Gasteiger partial charge in [0.15, 0.2) is 0 Å². The summed E-state index contributed by atoms with van der Waals surface area (Å²) in [4.78, 5) is 0. The van der Waals surface area contributed by atoms with Crippen molar-refractivity contribution in [2.75, 3.05) is 32.8 Å². The van der Waals surface area contributed by atoms with Gasteiger partial charge in [0.2, 0.25) is 0 Å². The van der Waals surface area contributed by atoms with E-state index in [4.69, 9.17) is 4.74 Å². The number of piperidine rings is 2. The van der Waals surface area contributed by atoms with Crippen LogP contribution in [-0.4, -0.2) is 72.5 Å². The normalized spacial score (nSPS) is 41.4. The number of hydrogen-bond donors (Lipinski definition) is 5. The van der Waals surface area contributed by atoms with E-state index in [2.05, 4.69) is 24.5 Å². The summed E-state index contributed by atoms with van der Waals surface area (Å²) in [5, 5.41) is 36.3. The Balaban J connectivity index is 1.75. The van der Waals surface area contributed by atoms with E-state index in [1.165, 1.54) is 0 Å². The highest BCUT2D eigenvalue weighted by atomic mass is 16.5. The van der Waals surface area contributed by atoms with Crippen molar-refractivity contribution in [3.63, 3.8) is 0 Å². The summed E-state index contributed by atoms with van der Waals surface area (Å²) in [6.45, 7) is 7.35. The third-order valence-electron chi connectivity index (χ3n) is 4.86. The number of aliphatic hydroxyl groups excluding tert-OH is 3. The molecule has 2 aliphatic rings. The molecule has 0 spiro atoms. The van der Waals surface area contributed by atoms with Crippen LogP contribution in [-0.2, 0) is 4.74 Å². The number of β-amino-alcohol motifs (C(OH)–C–C–N with tert-alkyl or cyclic N) is 1. The molecule has 0 aromatic carbocycles. The number of aliphatic hydroxyl groups is 3. The topological polar surface area (TPSA) is 94.0 Å². The molecule has 2 heterocycles. The second kappa shape index (κ2) is 7.85. The van der Waals surface area contributed by atoms with Crippen molar-refractivity contribution >= 4 is 0 Å². The molecule has 2 aliphatic heterocycles. The Morgan fingerprint density at radius 1 is 1.00 bits per heavy atom. The van der Waals surface area contributed by atoms with Crippen LogP contribution in [0.1, 0.15) is 20.3 Å². The van der Waals surface area contributed by atoms with Crippen LogP contribution in [0.5, 0.6) is 0 Å². The van der Waals surface area contributed by atoms with Crippen LogP contribution in [0.4, 0.5) is 0 Å². The highest BCUT2D eigenvalue weighted by molar-refractivity contribution is 4.88. The predicted octanol–water partition coefficient (Wildman–Crippen LogP) is -1.06. The van der Waals surface area contributed by atoms with E-state index in [0.29, 0.717) is 38.6 Å². The lowest BCUT2D eigenvalue weighted by Crippen LogP contribution is -2.53. The lowest BCUT2D eigenvalue weighted by atomic mass is 9.85. The first kappa shape index (κ1) is 17.1. The maximum atomic E-state index is 10.4. The van der Waals surface area contributed by atoms with Crippen LogP contribution in [0, 0.1) is 17.8 Å². The molecule has 0 radical (unpaired) electrons. The molecular formula is C15H30N2O4. The van der Waals surface area contributed by atoms with Crippen molar-refractivity contribution in [1.82, 2.24) is 10.6 Å². The summed E-state index contributed by atoms with van der Waals surface area (Å²) in [6, 6.07) is 0. The molecule has 6 nitrogen and oxygen atoms in total. The molecule has 2 saturated heterocycles. The maximum Gasteiger partial charge on any atom is 0.0961 e. The van der Waals surface area contributed by atoms with E-state index in [-0.39, 0.29) is 17.9 Å². The molecule has 0 aliphatic carbocycles. The van der Waals surface area contributed by atoms with E-state index in [1.54, 1.807) is 0 Å². The van der Waals surface area contributed by atoms with Crippen LogP contribution in [0.2, 0.25) is 0 Å². The largest absolute Gasteiger partial charge is 0.390 e. The van der Waals surface area contributed by atoms with Crippen LogP contribution in [0.3, 0.4) is 0 Å². The van der Waals surface area contributed by atoms with E-state index in [0.717, 1.165) is 6.54 Å². The maximum absolute atomic E-state index is 10.4. The van der Waals surface area contributed by atoms with E-state index in [9.17, 15) is 15.3 Å². The van der Waals surface area contributed by atoms with Gasteiger partial charge in [0.1, 0.15) is 0 Å². The van der Waals surface area contributed by atoms with Gasteiger partial charge in [-0.1, -0.05) is 13.8 Å². The standard InChI is InChI=1S/C15H30N2O4/c1-9(2)11-6-17-8-13(15(11)20)21-4-3-10-5-16-7-12(18)14(10)19/h9-20H,3-8H2,1-2H3/t10-,11+,12+,13+,14+,15+/m0/s1. The first-order chi connectivity index (χ1) is 10.0. The quantitative estimate of drug-likeness (QED) is 0.444. The summed E-state index contributed by atoms with van der Waals surface area (Å²) < 4.78 is 5.83. The molecule has 0 saturated carbocycles. The van der Waals surface area contributed by atoms with Gasteiger partial charge in [-0.25, -0.2) is 0 Å². The summed E-state index contributed by atoms with van der Waals surface area (Å²) in [6.07, 6.45) is -1.33. The van der Waals surface area contributed by atoms with Gasteiger partial charge in [-0.05, 0) is 12.3 Å². The molecular weight excluding hydrogens is 272 g/mol. The van der Waals surface area contributed by atoms with Crippen molar-refractivity contribution in [3.8, 4) is 0 Å². The molecule has 0 unspecified atom stereocenters. The molecule has 2 fully saturated rings. The summed E-state index contributed by atoms with van der Waals surface area (Å²) in [5.74, 6) is 0.634. The number of rotatable bonds is 5. The van der Waals surface area contributed by atoms with Crippen LogP contribution in [0.25, 0.3) is 0 Å². The van der Waals surface area contributed by atoms with Gasteiger partial charge in [-0.15, -0.1) is 0 Å². The highest BCUT2D eigenvalue weighted by Crippen LogP contribution is 2.23. The number of ether oxygens (including phenoxy) is 1. The molecule has 0 bridgehead atoms. The zero-order valence-corrected chi connectivity index (χ0v) is 13.0. The van der Waals surface area contributed by atoms with Crippen molar-refractivity contribution in [1.29, 1.82) is 0 Å². The molecule has 5 N–H and O–H groups in total. The lowest BCUT2D eigenvalue weighted by molar-refractivity contribution is -0.0951. The van der Waals surface area contributed by atoms with Crippen LogP contribution >= 0.6 is 0 Å². The number of nitrogens with one attached hydrogen (secondary N) is 2. The molecule has 2 rings (SSSR count). The second-order valence-corrected chi connectivity index (χ2v) is 6.73. The Hall–Kier alpha value is -0.240.